The molecule has 1 aliphatic rings. The molecule has 0 spiro atoms. The lowest BCUT2D eigenvalue weighted by Crippen LogP contribution is -2.25. The molecule has 112 valence electrons. The van der Waals surface area contributed by atoms with Crippen molar-refractivity contribution in [3.8, 4) is 17.1 Å². The monoisotopic (exact) mass is 288 g/mol. The van der Waals surface area contributed by atoms with E-state index in [2.05, 4.69) is 15.0 Å². The van der Waals surface area contributed by atoms with Crippen LogP contribution in [0.1, 0.15) is 12.8 Å². The summed E-state index contributed by atoms with van der Waals surface area (Å²) in [4.78, 5) is 7.69. The first-order chi connectivity index (χ1) is 10.2. The lowest BCUT2D eigenvalue weighted by molar-refractivity contribution is 0.238. The summed E-state index contributed by atoms with van der Waals surface area (Å²) in [5.74, 6) is 7.23. The first kappa shape index (κ1) is 13.7. The fraction of sp³-hybridized carbons (Fsp3) is 0.429. The van der Waals surface area contributed by atoms with Gasteiger partial charge in [-0.15, -0.1) is 5.10 Å². The number of rotatable bonds is 5. The zero-order valence-electron chi connectivity index (χ0n) is 11.9. The van der Waals surface area contributed by atoms with Gasteiger partial charge in [0.15, 0.2) is 5.82 Å². The van der Waals surface area contributed by atoms with Gasteiger partial charge in [-0.1, -0.05) is 0 Å². The van der Waals surface area contributed by atoms with Gasteiger partial charge in [0, 0.05) is 12.1 Å². The number of hydrogen-bond donors (Lipinski definition) is 2. The van der Waals surface area contributed by atoms with Crippen LogP contribution in [0.4, 0.5) is 5.95 Å². The van der Waals surface area contributed by atoms with Crippen LogP contribution in [0.5, 0.6) is 5.75 Å². The van der Waals surface area contributed by atoms with Crippen LogP contribution in [-0.4, -0.2) is 46.0 Å². The van der Waals surface area contributed by atoms with E-state index in [0.717, 1.165) is 17.9 Å². The number of nitrogens with two attached hydrogens (primary N) is 2. The summed E-state index contributed by atoms with van der Waals surface area (Å²) < 4.78 is 5.75. The summed E-state index contributed by atoms with van der Waals surface area (Å²) in [5.41, 5.74) is 6.37. The van der Waals surface area contributed by atoms with Gasteiger partial charge in [0.25, 0.3) is 0 Å². The maximum absolute atomic E-state index is 5.75. The molecule has 2 aromatic rings. The lowest BCUT2D eigenvalue weighted by atomic mass is 10.2. The average Bonchev–Trinajstić information content (AvgIpc) is 3.09. The molecule has 1 aromatic carbocycles. The van der Waals surface area contributed by atoms with Crippen molar-refractivity contribution in [2.45, 2.75) is 12.8 Å². The molecule has 0 unspecified atom stereocenters. The molecule has 0 amide bonds. The van der Waals surface area contributed by atoms with Crippen LogP contribution in [0.3, 0.4) is 0 Å². The maximum atomic E-state index is 5.75. The molecule has 0 radical (unpaired) electrons. The normalized spacial score (nSPS) is 15.4. The highest BCUT2D eigenvalue weighted by Crippen LogP contribution is 2.20. The predicted molar refractivity (Wildman–Crippen MR) is 81.2 cm³/mol. The van der Waals surface area contributed by atoms with Crippen LogP contribution in [0.2, 0.25) is 0 Å². The third-order valence-corrected chi connectivity index (χ3v) is 3.64. The number of likely N-dealkylation sites (tertiary alicyclic amines) is 1. The predicted octanol–water partition coefficient (Wildman–Crippen LogP) is 0.716. The van der Waals surface area contributed by atoms with Crippen LogP contribution >= 0.6 is 0 Å². The van der Waals surface area contributed by atoms with Gasteiger partial charge in [-0.2, -0.15) is 9.77 Å². The van der Waals surface area contributed by atoms with Crippen molar-refractivity contribution in [3.05, 3.63) is 24.3 Å². The van der Waals surface area contributed by atoms with E-state index < -0.39 is 0 Å². The fourth-order valence-corrected chi connectivity index (χ4v) is 2.54. The van der Waals surface area contributed by atoms with Gasteiger partial charge in [-0.3, -0.25) is 4.90 Å². The van der Waals surface area contributed by atoms with Crippen molar-refractivity contribution in [2.75, 3.05) is 37.8 Å². The minimum atomic E-state index is 0.165. The van der Waals surface area contributed by atoms with E-state index in [0.29, 0.717) is 12.4 Å². The summed E-state index contributed by atoms with van der Waals surface area (Å²) in [5, 5.41) is 3.83. The Kier molecular flexibility index (Phi) is 3.92. The van der Waals surface area contributed by atoms with Gasteiger partial charge in [-0.05, 0) is 50.2 Å². The largest absolute Gasteiger partial charge is 0.492 e. The summed E-state index contributed by atoms with van der Waals surface area (Å²) in [7, 11) is 0. The molecule has 3 rings (SSSR count). The Labute approximate surface area is 123 Å². The molecule has 2 heterocycles. The molecule has 1 aliphatic heterocycles. The summed E-state index contributed by atoms with van der Waals surface area (Å²) in [6.07, 6.45) is 2.61. The maximum Gasteiger partial charge on any atom is 0.242 e. The molecule has 1 fully saturated rings. The number of hydrogen-bond acceptors (Lipinski definition) is 6. The second-order valence-electron chi connectivity index (χ2n) is 5.16. The Morgan fingerprint density at radius 2 is 1.86 bits per heavy atom. The second kappa shape index (κ2) is 6.01. The first-order valence-electron chi connectivity index (χ1n) is 7.15. The number of nitrogens with zero attached hydrogens (tertiary/aromatic N) is 4. The van der Waals surface area contributed by atoms with Crippen molar-refractivity contribution >= 4 is 5.95 Å². The zero-order valence-corrected chi connectivity index (χ0v) is 11.9. The van der Waals surface area contributed by atoms with E-state index in [1.54, 1.807) is 0 Å². The molecule has 0 saturated carbocycles. The van der Waals surface area contributed by atoms with E-state index >= 15 is 0 Å². The van der Waals surface area contributed by atoms with E-state index in [9.17, 15) is 0 Å². The minimum absolute atomic E-state index is 0.165. The van der Waals surface area contributed by atoms with Crippen molar-refractivity contribution in [1.29, 1.82) is 0 Å². The topological polar surface area (TPSA) is 95.2 Å². The molecule has 0 bridgehead atoms. The summed E-state index contributed by atoms with van der Waals surface area (Å²) >= 11 is 0. The zero-order chi connectivity index (χ0) is 14.7. The molecule has 1 aromatic heterocycles. The van der Waals surface area contributed by atoms with Crippen molar-refractivity contribution in [1.82, 2.24) is 19.8 Å². The highest BCUT2D eigenvalue weighted by atomic mass is 16.5. The van der Waals surface area contributed by atoms with Crippen molar-refractivity contribution in [3.63, 3.8) is 0 Å². The Morgan fingerprint density at radius 3 is 2.48 bits per heavy atom. The van der Waals surface area contributed by atoms with Crippen LogP contribution < -0.4 is 16.3 Å². The molecule has 0 atom stereocenters. The van der Waals surface area contributed by atoms with Crippen molar-refractivity contribution in [2.24, 2.45) is 0 Å². The van der Waals surface area contributed by atoms with Gasteiger partial charge in [-0.25, -0.2) is 0 Å². The van der Waals surface area contributed by atoms with E-state index in [1.807, 2.05) is 24.3 Å². The Morgan fingerprint density at radius 1 is 1.14 bits per heavy atom. The molecule has 0 aliphatic carbocycles. The number of aromatic nitrogens is 3. The Hall–Kier alpha value is -2.28. The highest BCUT2D eigenvalue weighted by Gasteiger charge is 2.11. The number of benzene rings is 1. The van der Waals surface area contributed by atoms with Gasteiger partial charge in [0.2, 0.25) is 5.95 Å². The first-order valence-corrected chi connectivity index (χ1v) is 7.15. The molecule has 7 nitrogen and oxygen atoms in total. The van der Waals surface area contributed by atoms with Crippen LogP contribution in [0.25, 0.3) is 11.4 Å². The SMILES string of the molecule is Nc1nc(-c2ccc(OCCN3CCCC3)cc2)n(N)n1. The Balaban J connectivity index is 1.57. The standard InChI is InChI=1S/C14H20N6O/c15-14-17-13(20(16)18-14)11-3-5-12(6-4-11)21-10-9-19-7-1-2-8-19/h3-6H,1-2,7-10,16H2,(H2,15,18). The van der Waals surface area contributed by atoms with E-state index in [-0.39, 0.29) is 5.95 Å². The third kappa shape index (κ3) is 3.25. The van der Waals surface area contributed by atoms with Gasteiger partial charge in [0.1, 0.15) is 12.4 Å². The molecule has 21 heavy (non-hydrogen) atoms. The Bertz CT molecular complexity index is 588. The van der Waals surface area contributed by atoms with Gasteiger partial charge in [0.05, 0.1) is 0 Å². The number of ether oxygens (including phenoxy) is 1. The molecule has 4 N–H and O–H groups in total. The van der Waals surface area contributed by atoms with Crippen LogP contribution in [-0.2, 0) is 0 Å². The van der Waals surface area contributed by atoms with Crippen molar-refractivity contribution < 1.29 is 4.74 Å². The van der Waals surface area contributed by atoms with Gasteiger partial charge >= 0.3 is 0 Å². The molecular formula is C14H20N6O. The highest BCUT2D eigenvalue weighted by molar-refractivity contribution is 5.57. The smallest absolute Gasteiger partial charge is 0.242 e. The number of anilines is 1. The summed E-state index contributed by atoms with van der Waals surface area (Å²) in [6, 6.07) is 7.62. The van der Waals surface area contributed by atoms with Crippen LogP contribution in [0.15, 0.2) is 24.3 Å². The number of nitrogen functional groups attached to an aromatic ring is 2. The minimum Gasteiger partial charge on any atom is -0.492 e. The average molecular weight is 288 g/mol. The van der Waals surface area contributed by atoms with Crippen LogP contribution in [0, 0.1) is 0 Å². The fourth-order valence-electron chi connectivity index (χ4n) is 2.54. The van der Waals surface area contributed by atoms with Gasteiger partial charge < -0.3 is 16.3 Å². The molecule has 7 heteroatoms. The van der Waals surface area contributed by atoms with E-state index in [4.69, 9.17) is 16.3 Å². The molecule has 1 saturated heterocycles. The molecular weight excluding hydrogens is 268 g/mol. The van der Waals surface area contributed by atoms with E-state index in [1.165, 1.54) is 30.7 Å². The summed E-state index contributed by atoms with van der Waals surface area (Å²) in [6.45, 7) is 4.07. The third-order valence-electron chi connectivity index (χ3n) is 3.64. The quantitative estimate of drug-likeness (QED) is 0.787. The second-order valence-corrected chi connectivity index (χ2v) is 5.16. The lowest BCUT2D eigenvalue weighted by Gasteiger charge is -2.14.